The topological polar surface area (TPSA) is 117 Å². The number of anilines is 1. The standard InChI is InChI=1S/C12H16N2O6/c1-19-9-4-3-7(5-10(9)20-2)14-12(18)13-6-8(15)11(16)17/h3-5,8,15H,6H2,1-2H3,(H,16,17)(H2,13,14,18). The fourth-order valence-electron chi connectivity index (χ4n) is 1.37. The van der Waals surface area contributed by atoms with Crippen LogP contribution in [0.4, 0.5) is 10.5 Å². The number of aliphatic hydroxyl groups is 1. The Morgan fingerprint density at radius 3 is 2.45 bits per heavy atom. The fraction of sp³-hybridized carbons (Fsp3) is 0.333. The van der Waals surface area contributed by atoms with Crippen LogP contribution in [-0.4, -0.2) is 49.1 Å². The maximum absolute atomic E-state index is 11.5. The molecule has 4 N–H and O–H groups in total. The molecule has 0 aliphatic rings. The van der Waals surface area contributed by atoms with Crippen molar-refractivity contribution >= 4 is 17.7 Å². The molecule has 0 heterocycles. The molecule has 0 bridgehead atoms. The molecule has 0 radical (unpaired) electrons. The van der Waals surface area contributed by atoms with Crippen molar-refractivity contribution in [2.75, 3.05) is 26.1 Å². The molecule has 110 valence electrons. The minimum absolute atomic E-state index is 0.394. The normalized spacial score (nSPS) is 11.3. The molecule has 8 heteroatoms. The predicted molar refractivity (Wildman–Crippen MR) is 70.2 cm³/mol. The number of aliphatic hydroxyl groups excluding tert-OH is 1. The van der Waals surface area contributed by atoms with Crippen LogP contribution in [0.15, 0.2) is 18.2 Å². The average molecular weight is 284 g/mol. The number of carboxylic acid groups (broad SMARTS) is 1. The van der Waals surface area contributed by atoms with Crippen LogP contribution in [0.3, 0.4) is 0 Å². The third-order valence-corrected chi connectivity index (χ3v) is 2.38. The molecule has 0 saturated carbocycles. The van der Waals surface area contributed by atoms with Gasteiger partial charge in [0.2, 0.25) is 0 Å². The summed E-state index contributed by atoms with van der Waals surface area (Å²) in [5.74, 6) is -0.452. The number of hydrogen-bond donors (Lipinski definition) is 4. The van der Waals surface area contributed by atoms with Crippen LogP contribution in [0.1, 0.15) is 0 Å². The Morgan fingerprint density at radius 2 is 1.90 bits per heavy atom. The molecule has 1 rings (SSSR count). The Balaban J connectivity index is 2.60. The lowest BCUT2D eigenvalue weighted by atomic mass is 10.3. The van der Waals surface area contributed by atoms with Crippen molar-refractivity contribution in [3.63, 3.8) is 0 Å². The van der Waals surface area contributed by atoms with E-state index in [0.717, 1.165) is 0 Å². The highest BCUT2D eigenvalue weighted by atomic mass is 16.5. The largest absolute Gasteiger partial charge is 0.493 e. The van der Waals surface area contributed by atoms with Crippen molar-refractivity contribution in [1.29, 1.82) is 0 Å². The number of urea groups is 1. The molecule has 0 saturated heterocycles. The Labute approximate surface area is 115 Å². The van der Waals surface area contributed by atoms with E-state index in [9.17, 15) is 9.59 Å². The number of aliphatic carboxylic acids is 1. The van der Waals surface area contributed by atoms with Crippen LogP contribution in [0, 0.1) is 0 Å². The quantitative estimate of drug-likeness (QED) is 0.595. The van der Waals surface area contributed by atoms with Crippen LogP contribution in [0.2, 0.25) is 0 Å². The first-order valence-corrected chi connectivity index (χ1v) is 5.65. The Bertz CT molecular complexity index is 491. The Kier molecular flexibility index (Phi) is 5.60. The number of carbonyl (C=O) groups is 2. The van der Waals surface area contributed by atoms with Crippen molar-refractivity contribution in [1.82, 2.24) is 5.32 Å². The number of nitrogens with one attached hydrogen (secondary N) is 2. The Hall–Kier alpha value is -2.48. The maximum atomic E-state index is 11.5. The van der Waals surface area contributed by atoms with Gasteiger partial charge in [-0.05, 0) is 12.1 Å². The monoisotopic (exact) mass is 284 g/mol. The Morgan fingerprint density at radius 1 is 1.25 bits per heavy atom. The zero-order valence-electron chi connectivity index (χ0n) is 11.0. The highest BCUT2D eigenvalue weighted by Gasteiger charge is 2.14. The number of carbonyl (C=O) groups excluding carboxylic acids is 1. The van der Waals surface area contributed by atoms with E-state index in [4.69, 9.17) is 19.7 Å². The second-order valence-corrected chi connectivity index (χ2v) is 3.76. The number of ether oxygens (including phenoxy) is 2. The number of carboxylic acids is 1. The first kappa shape index (κ1) is 15.6. The lowest BCUT2D eigenvalue weighted by Crippen LogP contribution is -2.38. The summed E-state index contributed by atoms with van der Waals surface area (Å²) in [5.41, 5.74) is 0.435. The summed E-state index contributed by atoms with van der Waals surface area (Å²) in [4.78, 5) is 21.9. The molecule has 0 fully saturated rings. The van der Waals surface area contributed by atoms with Gasteiger partial charge in [0.05, 0.1) is 20.8 Å². The molecule has 2 amide bonds. The number of methoxy groups -OCH3 is 2. The van der Waals surface area contributed by atoms with E-state index >= 15 is 0 Å². The molecule has 0 aromatic heterocycles. The second kappa shape index (κ2) is 7.19. The van der Waals surface area contributed by atoms with E-state index in [1.54, 1.807) is 18.2 Å². The summed E-state index contributed by atoms with van der Waals surface area (Å²) in [5, 5.41) is 22.2. The second-order valence-electron chi connectivity index (χ2n) is 3.76. The van der Waals surface area contributed by atoms with Gasteiger partial charge in [-0.2, -0.15) is 0 Å². The van der Waals surface area contributed by atoms with Crippen molar-refractivity contribution in [3.05, 3.63) is 18.2 Å². The summed E-state index contributed by atoms with van der Waals surface area (Å²) in [6.07, 6.45) is -1.65. The molecule has 1 unspecified atom stereocenters. The van der Waals surface area contributed by atoms with Gasteiger partial charge in [-0.3, -0.25) is 0 Å². The van der Waals surface area contributed by atoms with Crippen LogP contribution >= 0.6 is 0 Å². The smallest absolute Gasteiger partial charge is 0.334 e. The lowest BCUT2D eigenvalue weighted by molar-refractivity contribution is -0.146. The minimum Gasteiger partial charge on any atom is -0.493 e. The van der Waals surface area contributed by atoms with Crippen LogP contribution in [0.5, 0.6) is 11.5 Å². The fourth-order valence-corrected chi connectivity index (χ4v) is 1.37. The number of amides is 2. The van der Waals surface area contributed by atoms with Crippen molar-refractivity contribution in [2.45, 2.75) is 6.10 Å². The van der Waals surface area contributed by atoms with Crippen LogP contribution < -0.4 is 20.1 Å². The van der Waals surface area contributed by atoms with Crippen molar-refractivity contribution in [2.24, 2.45) is 0 Å². The summed E-state index contributed by atoms with van der Waals surface area (Å²) >= 11 is 0. The molecule has 1 atom stereocenters. The summed E-state index contributed by atoms with van der Waals surface area (Å²) in [7, 11) is 2.95. The lowest BCUT2D eigenvalue weighted by Gasteiger charge is -2.12. The van der Waals surface area contributed by atoms with Crippen LogP contribution in [0.25, 0.3) is 0 Å². The summed E-state index contributed by atoms with van der Waals surface area (Å²) in [6, 6.07) is 4.11. The maximum Gasteiger partial charge on any atom is 0.334 e. The van der Waals surface area contributed by atoms with Gasteiger partial charge in [-0.15, -0.1) is 0 Å². The SMILES string of the molecule is COc1ccc(NC(=O)NCC(O)C(=O)O)cc1OC. The van der Waals surface area contributed by atoms with E-state index in [2.05, 4.69) is 10.6 Å². The molecule has 8 nitrogen and oxygen atoms in total. The molecule has 0 spiro atoms. The van der Waals surface area contributed by atoms with Gasteiger partial charge in [-0.1, -0.05) is 0 Å². The van der Waals surface area contributed by atoms with Crippen molar-refractivity contribution in [3.8, 4) is 11.5 Å². The van der Waals surface area contributed by atoms with E-state index < -0.39 is 24.6 Å². The molecule has 1 aromatic rings. The molecule has 20 heavy (non-hydrogen) atoms. The van der Waals surface area contributed by atoms with E-state index in [-0.39, 0.29) is 0 Å². The van der Waals surface area contributed by atoms with Gasteiger partial charge in [0.25, 0.3) is 0 Å². The zero-order valence-corrected chi connectivity index (χ0v) is 11.0. The summed E-state index contributed by atoms with van der Waals surface area (Å²) < 4.78 is 10.1. The van der Waals surface area contributed by atoms with Gasteiger partial charge in [0.15, 0.2) is 17.6 Å². The third kappa shape index (κ3) is 4.32. The van der Waals surface area contributed by atoms with E-state index in [0.29, 0.717) is 17.2 Å². The summed E-state index contributed by atoms with van der Waals surface area (Å²) in [6.45, 7) is -0.394. The van der Waals surface area contributed by atoms with Gasteiger partial charge >= 0.3 is 12.0 Å². The van der Waals surface area contributed by atoms with Gasteiger partial charge in [0.1, 0.15) is 0 Å². The minimum atomic E-state index is -1.65. The average Bonchev–Trinajstić information content (AvgIpc) is 2.44. The van der Waals surface area contributed by atoms with Gasteiger partial charge < -0.3 is 30.3 Å². The molecule has 0 aliphatic heterocycles. The number of rotatable bonds is 6. The van der Waals surface area contributed by atoms with Crippen LogP contribution in [-0.2, 0) is 4.79 Å². The van der Waals surface area contributed by atoms with E-state index in [1.807, 2.05) is 0 Å². The highest BCUT2D eigenvalue weighted by Crippen LogP contribution is 2.29. The van der Waals surface area contributed by atoms with Crippen molar-refractivity contribution < 1.29 is 29.3 Å². The zero-order chi connectivity index (χ0) is 15.1. The number of benzene rings is 1. The van der Waals surface area contributed by atoms with Gasteiger partial charge in [0, 0.05) is 11.8 Å². The number of hydrogen-bond acceptors (Lipinski definition) is 5. The first-order valence-electron chi connectivity index (χ1n) is 5.65. The first-order chi connectivity index (χ1) is 9.47. The van der Waals surface area contributed by atoms with E-state index in [1.165, 1.54) is 14.2 Å². The molecular formula is C12H16N2O6. The van der Waals surface area contributed by atoms with Gasteiger partial charge in [-0.25, -0.2) is 9.59 Å². The third-order valence-electron chi connectivity index (χ3n) is 2.38. The molecule has 1 aromatic carbocycles. The highest BCUT2D eigenvalue weighted by molar-refractivity contribution is 5.90. The molecule has 0 aliphatic carbocycles. The predicted octanol–water partition coefficient (Wildman–Crippen LogP) is 0.271. The molecular weight excluding hydrogens is 268 g/mol.